The highest BCUT2D eigenvalue weighted by atomic mass is 35.5. The lowest BCUT2D eigenvalue weighted by Crippen LogP contribution is -2.57. The molecule has 0 spiro atoms. The molecule has 0 bridgehead atoms. The van der Waals surface area contributed by atoms with Crippen molar-refractivity contribution in [1.82, 2.24) is 4.90 Å². The van der Waals surface area contributed by atoms with E-state index in [0.717, 1.165) is 42.8 Å². The third-order valence-corrected chi connectivity index (χ3v) is 8.31. The van der Waals surface area contributed by atoms with Crippen molar-refractivity contribution in [2.45, 2.75) is 30.7 Å². The number of anilines is 2. The summed E-state index contributed by atoms with van der Waals surface area (Å²) in [5, 5.41) is 7.46. The van der Waals surface area contributed by atoms with Crippen molar-refractivity contribution in [3.8, 4) is 0 Å². The second kappa shape index (κ2) is 11.8. The van der Waals surface area contributed by atoms with Crippen LogP contribution in [-0.4, -0.2) is 68.4 Å². The van der Waals surface area contributed by atoms with Crippen LogP contribution < -0.4 is 15.5 Å². The smallest absolute Gasteiger partial charge is 0.284 e. The average molecular weight is 596 g/mol. The molecule has 1 atom stereocenters. The van der Waals surface area contributed by atoms with Gasteiger partial charge in [0.25, 0.3) is 10.0 Å². The summed E-state index contributed by atoms with van der Waals surface area (Å²) >= 11 is 11.5. The topological polar surface area (TPSA) is 140 Å². The van der Waals surface area contributed by atoms with Crippen molar-refractivity contribution in [2.24, 2.45) is 10.1 Å². The Kier molecular flexibility index (Phi) is 8.63. The molecule has 39 heavy (non-hydrogen) atoms. The zero-order chi connectivity index (χ0) is 28.3. The SMILES string of the molecule is C[C@H](C(=O)N1CCN(c2ccc(S(=O)(=O)N=C(N)/C=C\C(=N)Cl)cc2)C(=O)C1)N1CCCc2cc(Cl)ccc21.[HH].[HH]. The number of allylic oxidation sites excluding steroid dienone is 1. The van der Waals surface area contributed by atoms with Crippen molar-refractivity contribution >= 4 is 67.4 Å². The quantitative estimate of drug-likeness (QED) is 0.370. The Balaban J connectivity index is 0.00000294. The number of benzene rings is 2. The number of amides is 2. The van der Waals surface area contributed by atoms with Crippen LogP contribution in [0.3, 0.4) is 0 Å². The Morgan fingerprint density at radius 2 is 1.87 bits per heavy atom. The Morgan fingerprint density at radius 1 is 1.15 bits per heavy atom. The Morgan fingerprint density at radius 3 is 2.54 bits per heavy atom. The van der Waals surface area contributed by atoms with Gasteiger partial charge in [-0.1, -0.05) is 23.2 Å². The molecule has 3 N–H and O–H groups in total. The summed E-state index contributed by atoms with van der Waals surface area (Å²) in [7, 11) is -4.10. The Bertz CT molecular complexity index is 1470. The maximum atomic E-state index is 13.4. The molecule has 2 aliphatic heterocycles. The lowest BCUT2D eigenvalue weighted by molar-refractivity contribution is -0.137. The van der Waals surface area contributed by atoms with E-state index in [1.54, 1.807) is 4.90 Å². The number of nitrogens with two attached hydrogens (primary N) is 1. The van der Waals surface area contributed by atoms with Crippen LogP contribution in [0.2, 0.25) is 5.02 Å². The van der Waals surface area contributed by atoms with Crippen LogP contribution in [0.4, 0.5) is 11.4 Å². The maximum Gasteiger partial charge on any atom is 0.284 e. The minimum atomic E-state index is -4.10. The number of rotatable bonds is 7. The normalized spacial score (nSPS) is 17.4. The van der Waals surface area contributed by atoms with E-state index in [1.807, 2.05) is 25.1 Å². The number of aryl methyl sites for hydroxylation is 1. The molecule has 10 nitrogen and oxygen atoms in total. The molecule has 2 aliphatic rings. The number of hydrogen-bond acceptors (Lipinski definition) is 6. The first-order valence-corrected chi connectivity index (χ1v) is 14.4. The standard InChI is InChI=1S/C26H28Cl2N6O4S.2H2/c1-17(33-12-2-3-18-15-19(27)4-9-22(18)33)26(36)32-13-14-34(25(35)16-32)20-5-7-21(8-6-20)39(37,38)31-24(30)11-10-23(28)29;;/h4-11,15,17,29H,2-3,12-14,16H2,1H3,(H2,30,31);2*1H/b11-10-,29-23?;;/t17-;;/m1../s1. The van der Waals surface area contributed by atoms with Crippen LogP contribution >= 0.6 is 23.2 Å². The molecular formula is C26H32Cl2N6O4S. The number of sulfonamides is 1. The molecule has 0 aliphatic carbocycles. The molecule has 210 valence electrons. The molecular weight excluding hydrogens is 563 g/mol. The van der Waals surface area contributed by atoms with Crippen LogP contribution in [0.25, 0.3) is 0 Å². The minimum Gasteiger partial charge on any atom is -0.383 e. The largest absolute Gasteiger partial charge is 0.383 e. The molecule has 4 rings (SSSR count). The van der Waals surface area contributed by atoms with Gasteiger partial charge < -0.3 is 20.4 Å². The van der Waals surface area contributed by atoms with Crippen molar-refractivity contribution in [3.63, 3.8) is 0 Å². The second-order valence-corrected chi connectivity index (χ2v) is 11.7. The van der Waals surface area contributed by atoms with Gasteiger partial charge in [-0.3, -0.25) is 15.0 Å². The predicted octanol–water partition coefficient (Wildman–Crippen LogP) is 3.67. The zero-order valence-corrected chi connectivity index (χ0v) is 23.5. The van der Waals surface area contributed by atoms with Crippen LogP contribution in [0, 0.1) is 5.41 Å². The van der Waals surface area contributed by atoms with Gasteiger partial charge in [0.05, 0.1) is 4.90 Å². The molecule has 0 saturated carbocycles. The van der Waals surface area contributed by atoms with Crippen molar-refractivity contribution in [1.29, 1.82) is 5.41 Å². The van der Waals surface area contributed by atoms with E-state index >= 15 is 0 Å². The number of halogens is 2. The fourth-order valence-corrected chi connectivity index (χ4v) is 5.89. The maximum absolute atomic E-state index is 13.4. The number of nitrogens with zero attached hydrogens (tertiary/aromatic N) is 4. The molecule has 13 heteroatoms. The summed E-state index contributed by atoms with van der Waals surface area (Å²) < 4.78 is 28.5. The van der Waals surface area contributed by atoms with Gasteiger partial charge in [0, 0.05) is 38.9 Å². The monoisotopic (exact) mass is 594 g/mol. The van der Waals surface area contributed by atoms with Gasteiger partial charge in [0.15, 0.2) is 0 Å². The van der Waals surface area contributed by atoms with Crippen molar-refractivity contribution in [2.75, 3.05) is 36.0 Å². The molecule has 0 unspecified atom stereocenters. The van der Waals surface area contributed by atoms with E-state index in [9.17, 15) is 18.0 Å². The first kappa shape index (κ1) is 28.6. The number of piperazine rings is 1. The highest BCUT2D eigenvalue weighted by Gasteiger charge is 2.34. The molecule has 1 saturated heterocycles. The minimum absolute atomic E-state index is 0. The highest BCUT2D eigenvalue weighted by Crippen LogP contribution is 2.31. The number of carbonyl (C=O) groups excluding carboxylic acids is 2. The molecule has 2 aromatic carbocycles. The third kappa shape index (κ3) is 6.60. The first-order chi connectivity index (χ1) is 18.5. The molecule has 2 amide bonds. The second-order valence-electron chi connectivity index (χ2n) is 9.22. The number of hydrogen-bond donors (Lipinski definition) is 2. The van der Waals surface area contributed by atoms with Crippen LogP contribution in [0.15, 0.2) is 63.9 Å². The number of carbonyl (C=O) groups is 2. The molecule has 2 aromatic rings. The molecule has 1 fully saturated rings. The Hall–Kier alpha value is -3.41. The third-order valence-electron chi connectivity index (χ3n) is 6.63. The van der Waals surface area contributed by atoms with Crippen molar-refractivity contribution in [3.05, 3.63) is 65.2 Å². The highest BCUT2D eigenvalue weighted by molar-refractivity contribution is 7.90. The number of amidine groups is 1. The van der Waals surface area contributed by atoms with E-state index in [0.29, 0.717) is 17.3 Å². The van der Waals surface area contributed by atoms with Gasteiger partial charge in [-0.25, -0.2) is 0 Å². The summed E-state index contributed by atoms with van der Waals surface area (Å²) in [6.07, 6.45) is 4.04. The van der Waals surface area contributed by atoms with E-state index in [-0.39, 0.29) is 43.7 Å². The summed E-state index contributed by atoms with van der Waals surface area (Å²) in [5.74, 6) is -0.716. The van der Waals surface area contributed by atoms with Gasteiger partial charge in [-0.05, 0) is 79.9 Å². The van der Waals surface area contributed by atoms with E-state index < -0.39 is 16.1 Å². The van der Waals surface area contributed by atoms with Gasteiger partial charge >= 0.3 is 0 Å². The van der Waals surface area contributed by atoms with E-state index in [2.05, 4.69) is 9.30 Å². The number of nitrogens with one attached hydrogen (secondary N) is 1. The van der Waals surface area contributed by atoms with Crippen LogP contribution in [-0.2, 0) is 26.0 Å². The lowest BCUT2D eigenvalue weighted by atomic mass is 10.00. The van der Waals surface area contributed by atoms with Gasteiger partial charge in [0.1, 0.15) is 23.6 Å². The van der Waals surface area contributed by atoms with Crippen molar-refractivity contribution < 1.29 is 20.9 Å². The fraction of sp³-hybridized carbons (Fsp3) is 0.308. The van der Waals surface area contributed by atoms with Crippen LogP contribution in [0.1, 0.15) is 21.8 Å². The molecule has 0 aromatic heterocycles. The van der Waals surface area contributed by atoms with Gasteiger partial charge in [-0.2, -0.15) is 8.42 Å². The summed E-state index contributed by atoms with van der Waals surface area (Å²) in [4.78, 5) is 31.4. The first-order valence-electron chi connectivity index (χ1n) is 12.2. The van der Waals surface area contributed by atoms with E-state index in [4.69, 9.17) is 34.3 Å². The Labute approximate surface area is 240 Å². The van der Waals surface area contributed by atoms with E-state index in [1.165, 1.54) is 29.2 Å². The zero-order valence-electron chi connectivity index (χ0n) is 21.2. The summed E-state index contributed by atoms with van der Waals surface area (Å²) in [6, 6.07) is 11.0. The average Bonchev–Trinajstić information content (AvgIpc) is 2.90. The summed E-state index contributed by atoms with van der Waals surface area (Å²) in [5.41, 5.74) is 8.19. The summed E-state index contributed by atoms with van der Waals surface area (Å²) in [6.45, 7) is 3.14. The van der Waals surface area contributed by atoms with Crippen LogP contribution in [0.5, 0.6) is 0 Å². The predicted molar refractivity (Wildman–Crippen MR) is 158 cm³/mol. The molecule has 0 radical (unpaired) electrons. The van der Waals surface area contributed by atoms with Gasteiger partial charge in [-0.15, -0.1) is 4.40 Å². The van der Waals surface area contributed by atoms with Gasteiger partial charge in [0.2, 0.25) is 11.8 Å². The number of fused-ring (bicyclic) bond motifs is 1. The molecule has 2 heterocycles. The lowest BCUT2D eigenvalue weighted by Gasteiger charge is -2.40. The fourth-order valence-electron chi connectivity index (χ4n) is 4.71.